The van der Waals surface area contributed by atoms with Gasteiger partial charge in [0.1, 0.15) is 12.4 Å². The van der Waals surface area contributed by atoms with Crippen molar-refractivity contribution in [1.29, 1.82) is 0 Å². The van der Waals surface area contributed by atoms with E-state index in [1.165, 1.54) is 11.3 Å². The molecule has 0 radical (unpaired) electrons. The largest absolute Gasteiger partial charge is 0.489 e. The number of carbonyl (C=O) groups excluding carboxylic acids is 1. The zero-order valence-electron chi connectivity index (χ0n) is 17.3. The Kier molecular flexibility index (Phi) is 6.53. The van der Waals surface area contributed by atoms with E-state index in [1.54, 1.807) is 10.9 Å². The molecule has 0 atom stereocenters. The Hall–Kier alpha value is -2.90. The molecule has 0 aliphatic heterocycles. The minimum atomic E-state index is -0.147. The van der Waals surface area contributed by atoms with E-state index in [-0.39, 0.29) is 5.91 Å². The molecule has 0 bridgehead atoms. The number of ether oxygens (including phenoxy) is 1. The summed E-state index contributed by atoms with van der Waals surface area (Å²) in [6.45, 7) is 5.14. The van der Waals surface area contributed by atoms with Crippen LogP contribution in [0.4, 0.5) is 5.69 Å². The number of carbonyl (C=O) groups is 1. The van der Waals surface area contributed by atoms with Crippen molar-refractivity contribution in [3.63, 3.8) is 0 Å². The second-order valence-corrected chi connectivity index (χ2v) is 9.21. The molecule has 2 aromatic heterocycles. The van der Waals surface area contributed by atoms with Crippen LogP contribution in [0.2, 0.25) is 0 Å². The van der Waals surface area contributed by atoms with Crippen LogP contribution in [0.5, 0.6) is 5.75 Å². The molecule has 4 rings (SSSR count). The highest BCUT2D eigenvalue weighted by molar-refractivity contribution is 9.10. The van der Waals surface area contributed by atoms with Crippen molar-refractivity contribution in [2.24, 2.45) is 0 Å². The molecule has 0 saturated carbocycles. The van der Waals surface area contributed by atoms with Gasteiger partial charge in [-0.05, 0) is 60.2 Å². The molecule has 2 aromatic carbocycles. The number of nitrogens with zero attached hydrogens (tertiary/aromatic N) is 2. The van der Waals surface area contributed by atoms with Gasteiger partial charge in [-0.15, -0.1) is 11.3 Å². The summed E-state index contributed by atoms with van der Waals surface area (Å²) >= 11 is 4.84. The maximum Gasteiger partial charge on any atom is 0.265 e. The number of halogens is 1. The molecule has 0 fully saturated rings. The maximum absolute atomic E-state index is 12.6. The normalized spacial score (nSPS) is 10.8. The van der Waals surface area contributed by atoms with Gasteiger partial charge >= 0.3 is 0 Å². The molecule has 4 aromatic rings. The first-order valence-electron chi connectivity index (χ1n) is 9.82. The van der Waals surface area contributed by atoms with Crippen molar-refractivity contribution < 1.29 is 9.53 Å². The van der Waals surface area contributed by atoms with Crippen molar-refractivity contribution in [1.82, 2.24) is 9.78 Å². The molecule has 0 saturated heterocycles. The summed E-state index contributed by atoms with van der Waals surface area (Å²) in [5.41, 5.74) is 5.03. The summed E-state index contributed by atoms with van der Waals surface area (Å²) < 4.78 is 8.78. The molecule has 0 aliphatic carbocycles. The van der Waals surface area contributed by atoms with Crippen molar-refractivity contribution in [2.45, 2.75) is 27.0 Å². The highest BCUT2D eigenvalue weighted by Crippen LogP contribution is 2.23. The smallest absolute Gasteiger partial charge is 0.265 e. The van der Waals surface area contributed by atoms with Crippen LogP contribution in [-0.2, 0) is 13.2 Å². The summed E-state index contributed by atoms with van der Waals surface area (Å²) in [5.74, 6) is 0.724. The third-order valence-electron chi connectivity index (χ3n) is 4.76. The number of aryl methyl sites for hydroxylation is 2. The molecular formula is C24H22BrN3O2S. The number of anilines is 1. The monoisotopic (exact) mass is 495 g/mol. The van der Waals surface area contributed by atoms with Crippen LogP contribution in [0.15, 0.2) is 70.8 Å². The zero-order valence-corrected chi connectivity index (χ0v) is 19.7. The van der Waals surface area contributed by atoms with Crippen molar-refractivity contribution in [3.8, 4) is 5.75 Å². The summed E-state index contributed by atoms with van der Waals surface area (Å²) in [6, 6.07) is 16.1. The molecule has 0 unspecified atom stereocenters. The highest BCUT2D eigenvalue weighted by Gasteiger charge is 2.12. The van der Waals surface area contributed by atoms with E-state index in [1.807, 2.05) is 67.9 Å². The zero-order chi connectivity index (χ0) is 21.8. The minimum absolute atomic E-state index is 0.147. The molecule has 5 nitrogen and oxygen atoms in total. The van der Waals surface area contributed by atoms with Crippen LogP contribution < -0.4 is 10.1 Å². The first kappa shape index (κ1) is 21.3. The third-order valence-corrected chi connectivity index (χ3v) is 6.27. The van der Waals surface area contributed by atoms with E-state index >= 15 is 0 Å². The van der Waals surface area contributed by atoms with Crippen molar-refractivity contribution >= 4 is 38.9 Å². The Labute approximate surface area is 193 Å². The topological polar surface area (TPSA) is 56.1 Å². The number of hydrogen-bond donors (Lipinski definition) is 1. The molecule has 1 amide bonds. The van der Waals surface area contributed by atoms with Gasteiger partial charge in [-0.1, -0.05) is 40.2 Å². The van der Waals surface area contributed by atoms with Gasteiger partial charge < -0.3 is 10.1 Å². The SMILES string of the molecule is Cc1ccc(C)c(OCc2csc(C(=O)Nc3cnn(Cc4ccc(Br)cc4)c3)c2)c1. The van der Waals surface area contributed by atoms with Crippen molar-refractivity contribution in [2.75, 3.05) is 5.32 Å². The fourth-order valence-electron chi connectivity index (χ4n) is 3.08. The number of rotatable bonds is 7. The van der Waals surface area contributed by atoms with Gasteiger partial charge in [-0.2, -0.15) is 5.10 Å². The Balaban J connectivity index is 1.34. The quantitative estimate of drug-likeness (QED) is 0.331. The van der Waals surface area contributed by atoms with E-state index in [2.05, 4.69) is 32.4 Å². The number of hydrogen-bond acceptors (Lipinski definition) is 4. The molecular weight excluding hydrogens is 474 g/mol. The van der Waals surface area contributed by atoms with Gasteiger partial charge in [0.15, 0.2) is 0 Å². The van der Waals surface area contributed by atoms with E-state index in [9.17, 15) is 4.79 Å². The van der Waals surface area contributed by atoms with Gasteiger partial charge in [0, 0.05) is 16.2 Å². The Morgan fingerprint density at radius 1 is 1.13 bits per heavy atom. The van der Waals surface area contributed by atoms with E-state index < -0.39 is 0 Å². The summed E-state index contributed by atoms with van der Waals surface area (Å²) in [4.78, 5) is 13.3. The van der Waals surface area contributed by atoms with Crippen LogP contribution in [-0.4, -0.2) is 15.7 Å². The highest BCUT2D eigenvalue weighted by atomic mass is 79.9. The first-order valence-corrected chi connectivity index (χ1v) is 11.5. The molecule has 7 heteroatoms. The van der Waals surface area contributed by atoms with Crippen LogP contribution in [0, 0.1) is 13.8 Å². The fraction of sp³-hybridized carbons (Fsp3) is 0.167. The van der Waals surface area contributed by atoms with E-state index in [0.29, 0.717) is 23.7 Å². The molecule has 0 spiro atoms. The van der Waals surface area contributed by atoms with Gasteiger partial charge in [0.25, 0.3) is 5.91 Å². The number of benzene rings is 2. The van der Waals surface area contributed by atoms with Crippen LogP contribution in [0.1, 0.15) is 31.9 Å². The lowest BCUT2D eigenvalue weighted by atomic mass is 10.1. The fourth-order valence-corrected chi connectivity index (χ4v) is 4.13. The van der Waals surface area contributed by atoms with Crippen LogP contribution in [0.3, 0.4) is 0 Å². The van der Waals surface area contributed by atoms with Gasteiger partial charge in [-0.3, -0.25) is 9.48 Å². The average Bonchev–Trinajstić information content (AvgIpc) is 3.40. The number of amides is 1. The van der Waals surface area contributed by atoms with E-state index in [0.717, 1.165) is 32.5 Å². The molecule has 1 N–H and O–H groups in total. The molecule has 0 aliphatic rings. The third kappa shape index (κ3) is 5.62. The number of nitrogens with one attached hydrogen (secondary N) is 1. The predicted octanol–water partition coefficient (Wildman–Crippen LogP) is 6.20. The number of aromatic nitrogens is 2. The second-order valence-electron chi connectivity index (χ2n) is 7.38. The number of thiophene rings is 1. The van der Waals surface area contributed by atoms with E-state index in [4.69, 9.17) is 4.74 Å². The summed E-state index contributed by atoms with van der Waals surface area (Å²) in [5, 5.41) is 9.21. The van der Waals surface area contributed by atoms with Gasteiger partial charge in [0.2, 0.25) is 0 Å². The predicted molar refractivity (Wildman–Crippen MR) is 128 cm³/mol. The van der Waals surface area contributed by atoms with Gasteiger partial charge in [-0.25, -0.2) is 0 Å². The van der Waals surface area contributed by atoms with Gasteiger partial charge in [0.05, 0.1) is 23.3 Å². The van der Waals surface area contributed by atoms with Crippen molar-refractivity contribution in [3.05, 3.63) is 97.9 Å². The van der Waals surface area contributed by atoms with Crippen LogP contribution in [0.25, 0.3) is 0 Å². The minimum Gasteiger partial charge on any atom is -0.489 e. The molecule has 31 heavy (non-hydrogen) atoms. The average molecular weight is 496 g/mol. The standard InChI is InChI=1S/C24H22BrN3O2S/c1-16-3-4-17(2)22(9-16)30-14-19-10-23(31-15-19)24(29)27-21-11-26-28(13-21)12-18-5-7-20(25)8-6-18/h3-11,13,15H,12,14H2,1-2H3,(H,27,29). The summed E-state index contributed by atoms with van der Waals surface area (Å²) in [6.07, 6.45) is 3.49. The lowest BCUT2D eigenvalue weighted by molar-refractivity contribution is 0.103. The lowest BCUT2D eigenvalue weighted by Crippen LogP contribution is -2.09. The summed E-state index contributed by atoms with van der Waals surface area (Å²) in [7, 11) is 0. The van der Waals surface area contributed by atoms with Crippen LogP contribution >= 0.6 is 27.3 Å². The molecule has 2 heterocycles. The Bertz CT molecular complexity index is 1200. The second kappa shape index (κ2) is 9.49. The Morgan fingerprint density at radius 2 is 1.94 bits per heavy atom. The Morgan fingerprint density at radius 3 is 2.74 bits per heavy atom. The lowest BCUT2D eigenvalue weighted by Gasteiger charge is -2.08. The first-order chi connectivity index (χ1) is 15.0. The molecule has 158 valence electrons. The maximum atomic E-state index is 12.6.